The second-order valence-corrected chi connectivity index (χ2v) is 14.2. The number of hydrogen-bond acceptors (Lipinski definition) is 1. The van der Waals surface area contributed by atoms with E-state index in [1.54, 1.807) is 0 Å². The molecule has 0 fully saturated rings. The first-order chi connectivity index (χ1) is 12.4. The first-order valence-corrected chi connectivity index (χ1v) is 12.6. The van der Waals surface area contributed by atoms with E-state index in [9.17, 15) is 4.79 Å². The Labute approximate surface area is 170 Å². The summed E-state index contributed by atoms with van der Waals surface area (Å²) in [6, 6.07) is 29.3. The van der Waals surface area contributed by atoms with Gasteiger partial charge in [0.25, 0.3) is 0 Å². The number of halogens is 3. The molecule has 3 aromatic rings. The summed E-state index contributed by atoms with van der Waals surface area (Å²) in [5.41, 5.74) is 0. The number of amides is 1. The summed E-state index contributed by atoms with van der Waals surface area (Å²) in [5.74, 6) is -0.744. The maximum atomic E-state index is 12.7. The Morgan fingerprint density at radius 2 is 0.962 bits per heavy atom. The van der Waals surface area contributed by atoms with Crippen LogP contribution in [0.4, 0.5) is 0 Å². The van der Waals surface area contributed by atoms with Crippen molar-refractivity contribution in [1.29, 1.82) is 0 Å². The Hall–Kier alpha value is -1.44. The molecule has 0 unspecified atom stereocenters. The number of benzene rings is 3. The average molecular weight is 467 g/mol. The number of carbonyl (C=O) groups is 1. The van der Waals surface area contributed by atoms with Gasteiger partial charge in [0, 0.05) is 0 Å². The van der Waals surface area contributed by atoms with E-state index in [2.05, 4.69) is 3.86 Å². The van der Waals surface area contributed by atoms with E-state index in [1.165, 1.54) is 0 Å². The summed E-state index contributed by atoms with van der Waals surface area (Å²) in [6.07, 6.45) is 0. The molecule has 26 heavy (non-hydrogen) atoms. The number of nitrogens with zero attached hydrogens (tertiary/aromatic N) is 1. The van der Waals surface area contributed by atoms with Gasteiger partial charge in [0.1, 0.15) is 0 Å². The van der Waals surface area contributed by atoms with Crippen LogP contribution in [0, 0.1) is 0 Å². The molecule has 0 aliphatic carbocycles. The summed E-state index contributed by atoms with van der Waals surface area (Å²) in [5, 5.41) is 0. The third-order valence-corrected chi connectivity index (χ3v) is 11.9. The summed E-state index contributed by atoms with van der Waals surface area (Å²) in [4.78, 5) is 12.7. The van der Waals surface area contributed by atoms with Crippen molar-refractivity contribution in [2.45, 2.75) is 3.79 Å². The van der Waals surface area contributed by atoms with Crippen molar-refractivity contribution in [2.24, 2.45) is 3.86 Å². The van der Waals surface area contributed by atoms with Crippen molar-refractivity contribution >= 4 is 67.1 Å². The molecule has 0 spiro atoms. The zero-order chi connectivity index (χ0) is 18.6. The fourth-order valence-corrected chi connectivity index (χ4v) is 10.5. The third kappa shape index (κ3) is 3.94. The Bertz CT molecular complexity index is 836. The van der Waals surface area contributed by atoms with Crippen molar-refractivity contribution in [3.63, 3.8) is 0 Å². The van der Waals surface area contributed by atoms with Gasteiger partial charge in [0.15, 0.2) is 0 Å². The molecule has 132 valence electrons. The van der Waals surface area contributed by atoms with Crippen LogP contribution in [0.1, 0.15) is 0 Å². The maximum absolute atomic E-state index is 12.7. The third-order valence-electron chi connectivity index (χ3n) is 3.87. The molecule has 3 rings (SSSR count). The van der Waals surface area contributed by atoms with Gasteiger partial charge in [-0.1, -0.05) is 0 Å². The second kappa shape index (κ2) is 8.06. The van der Waals surface area contributed by atoms with E-state index in [4.69, 9.17) is 34.8 Å². The van der Waals surface area contributed by atoms with Crippen molar-refractivity contribution in [2.75, 3.05) is 0 Å². The average Bonchev–Trinajstić information content (AvgIpc) is 2.67. The van der Waals surface area contributed by atoms with Crippen LogP contribution in [-0.2, 0) is 4.79 Å². The first kappa shape index (κ1) is 19.3. The zero-order valence-corrected chi connectivity index (χ0v) is 17.7. The molecule has 2 nitrogen and oxygen atoms in total. The molecular formula is C20H15AsCl3NO. The molecule has 0 aromatic heterocycles. The Morgan fingerprint density at radius 1 is 0.654 bits per heavy atom. The summed E-state index contributed by atoms with van der Waals surface area (Å²) >= 11 is 14.1. The van der Waals surface area contributed by atoms with E-state index in [-0.39, 0.29) is 0 Å². The van der Waals surface area contributed by atoms with E-state index in [1.807, 2.05) is 91.0 Å². The molecule has 0 radical (unpaired) electrons. The minimum absolute atomic E-state index is 0.744. The van der Waals surface area contributed by atoms with Gasteiger partial charge in [-0.05, 0) is 0 Å². The van der Waals surface area contributed by atoms with Gasteiger partial charge < -0.3 is 0 Å². The van der Waals surface area contributed by atoms with E-state index < -0.39 is 23.1 Å². The topological polar surface area (TPSA) is 29.4 Å². The first-order valence-electron chi connectivity index (χ1n) is 7.85. The minimum atomic E-state index is -3.54. The summed E-state index contributed by atoms with van der Waals surface area (Å²) < 4.78 is 5.47. The Balaban J connectivity index is 2.44. The van der Waals surface area contributed by atoms with Crippen molar-refractivity contribution in [3.8, 4) is 0 Å². The summed E-state index contributed by atoms with van der Waals surface area (Å²) in [7, 11) is 0. The van der Waals surface area contributed by atoms with Gasteiger partial charge in [0.05, 0.1) is 0 Å². The SMILES string of the molecule is O=C(N=[As](c1ccccc1)(c1ccccc1)c1ccccc1)C(Cl)(Cl)Cl. The van der Waals surface area contributed by atoms with Gasteiger partial charge in [-0.3, -0.25) is 0 Å². The quantitative estimate of drug-likeness (QED) is 0.426. The van der Waals surface area contributed by atoms with E-state index in [0.717, 1.165) is 13.1 Å². The number of alkyl halides is 3. The summed E-state index contributed by atoms with van der Waals surface area (Å²) in [6.45, 7) is 0. The fraction of sp³-hybridized carbons (Fsp3) is 0.0500. The molecule has 0 aliphatic rings. The fourth-order valence-electron chi connectivity index (χ4n) is 2.74. The molecule has 1 amide bonds. The van der Waals surface area contributed by atoms with Crippen LogP contribution in [0.3, 0.4) is 0 Å². The molecule has 0 bridgehead atoms. The number of rotatable bonds is 3. The normalized spacial score (nSPS) is 11.8. The van der Waals surface area contributed by atoms with Crippen LogP contribution in [0.15, 0.2) is 94.9 Å². The van der Waals surface area contributed by atoms with Crippen molar-refractivity contribution < 1.29 is 4.79 Å². The number of hydrogen-bond donors (Lipinski definition) is 0. The van der Waals surface area contributed by atoms with Crippen LogP contribution >= 0.6 is 34.8 Å². The van der Waals surface area contributed by atoms with E-state index in [0.29, 0.717) is 0 Å². The molecular weight excluding hydrogens is 452 g/mol. The molecule has 0 saturated heterocycles. The van der Waals surface area contributed by atoms with Crippen LogP contribution in [0.25, 0.3) is 0 Å². The molecule has 0 saturated carbocycles. The standard InChI is InChI=1S/C20H15AsCl3NO/c22-20(23,24)19(26)25-21(16-10-4-1-5-11-16,17-12-6-2-7-13-17)18-14-8-3-9-15-18/h1-15H. The molecule has 3 aromatic carbocycles. The van der Waals surface area contributed by atoms with Crippen molar-refractivity contribution in [1.82, 2.24) is 0 Å². The molecule has 0 aliphatic heterocycles. The monoisotopic (exact) mass is 465 g/mol. The van der Waals surface area contributed by atoms with Gasteiger partial charge in [-0.2, -0.15) is 0 Å². The number of carbonyl (C=O) groups excluding carboxylic acids is 1. The van der Waals surface area contributed by atoms with E-state index >= 15 is 0 Å². The Kier molecular flexibility index (Phi) is 5.99. The molecule has 0 heterocycles. The molecule has 6 heteroatoms. The predicted octanol–water partition coefficient (Wildman–Crippen LogP) is 3.82. The van der Waals surface area contributed by atoms with Crippen LogP contribution in [0.5, 0.6) is 0 Å². The second-order valence-electron chi connectivity index (χ2n) is 5.54. The van der Waals surface area contributed by atoms with Gasteiger partial charge in [0.2, 0.25) is 0 Å². The van der Waals surface area contributed by atoms with Crippen LogP contribution < -0.4 is 13.1 Å². The molecule has 0 N–H and O–H groups in total. The zero-order valence-electron chi connectivity index (χ0n) is 13.6. The van der Waals surface area contributed by atoms with Gasteiger partial charge >= 0.3 is 171 Å². The van der Waals surface area contributed by atoms with Gasteiger partial charge in [-0.15, -0.1) is 0 Å². The van der Waals surface area contributed by atoms with Crippen LogP contribution in [0.2, 0.25) is 0 Å². The Morgan fingerprint density at radius 3 is 1.23 bits per heavy atom. The van der Waals surface area contributed by atoms with Crippen LogP contribution in [-0.4, -0.2) is 23.1 Å². The molecule has 0 atom stereocenters. The predicted molar refractivity (Wildman–Crippen MR) is 112 cm³/mol. The van der Waals surface area contributed by atoms with Gasteiger partial charge in [-0.25, -0.2) is 0 Å². The van der Waals surface area contributed by atoms with Crippen molar-refractivity contribution in [3.05, 3.63) is 91.0 Å².